The van der Waals surface area contributed by atoms with Crippen LogP contribution in [-0.2, 0) is 12.4 Å². The molecule has 2 rings (SSSR count). The van der Waals surface area contributed by atoms with E-state index in [2.05, 4.69) is 20.9 Å². The Morgan fingerprint density at radius 3 is 2.88 bits per heavy atom. The Morgan fingerprint density at radius 2 is 2.29 bits per heavy atom. The van der Waals surface area contributed by atoms with E-state index in [9.17, 15) is 0 Å². The Kier molecular flexibility index (Phi) is 4.07. The lowest BCUT2D eigenvalue weighted by Gasteiger charge is -2.06. The molecular weight excluding hydrogens is 304 g/mol. The van der Waals surface area contributed by atoms with Crippen LogP contribution in [0.4, 0.5) is 0 Å². The van der Waals surface area contributed by atoms with E-state index < -0.39 is 0 Å². The van der Waals surface area contributed by atoms with Gasteiger partial charge in [0.2, 0.25) is 0 Å². The Morgan fingerprint density at radius 1 is 1.47 bits per heavy atom. The highest BCUT2D eigenvalue weighted by atomic mass is 79.9. The Bertz CT molecular complexity index is 513. The second-order valence-corrected chi connectivity index (χ2v) is 4.76. The van der Waals surface area contributed by atoms with Crippen molar-refractivity contribution < 1.29 is 4.74 Å². The smallest absolute Gasteiger partial charge is 0.133 e. The zero-order valence-electron chi connectivity index (χ0n) is 9.36. The third-order valence-electron chi connectivity index (χ3n) is 2.40. The highest BCUT2D eigenvalue weighted by molar-refractivity contribution is 9.10. The summed E-state index contributed by atoms with van der Waals surface area (Å²) in [5.74, 6) is 1.28. The lowest BCUT2D eigenvalue weighted by molar-refractivity contribution is 0.412. The van der Waals surface area contributed by atoms with Gasteiger partial charge in [-0.3, -0.25) is 0 Å². The predicted molar refractivity (Wildman–Crippen MR) is 71.6 cm³/mol. The lowest BCUT2D eigenvalue weighted by atomic mass is 10.2. The predicted octanol–water partition coefficient (Wildman–Crippen LogP) is 3.44. The summed E-state index contributed by atoms with van der Waals surface area (Å²) in [6.07, 6.45) is 3.74. The Balaban J connectivity index is 2.15. The summed E-state index contributed by atoms with van der Waals surface area (Å²) in [5, 5.41) is 0. The minimum absolute atomic E-state index is 0.444. The van der Waals surface area contributed by atoms with Crippen LogP contribution in [0.3, 0.4) is 0 Å². The molecule has 90 valence electrons. The molecule has 0 aliphatic rings. The van der Waals surface area contributed by atoms with Gasteiger partial charge in [-0.15, -0.1) is 11.6 Å². The summed E-state index contributed by atoms with van der Waals surface area (Å²) in [5.41, 5.74) is 2.07. The van der Waals surface area contributed by atoms with Gasteiger partial charge in [-0.1, -0.05) is 6.07 Å². The van der Waals surface area contributed by atoms with Crippen LogP contribution >= 0.6 is 27.5 Å². The van der Waals surface area contributed by atoms with Gasteiger partial charge in [-0.25, -0.2) is 4.98 Å². The number of alkyl halides is 1. The minimum atomic E-state index is 0.444. The summed E-state index contributed by atoms with van der Waals surface area (Å²) in [6.45, 7) is 0.770. The van der Waals surface area contributed by atoms with Crippen molar-refractivity contribution in [2.75, 3.05) is 7.11 Å². The van der Waals surface area contributed by atoms with Gasteiger partial charge in [-0.05, 0) is 33.6 Å². The zero-order valence-corrected chi connectivity index (χ0v) is 11.7. The molecule has 0 spiro atoms. The highest BCUT2D eigenvalue weighted by Gasteiger charge is 2.03. The number of hydrogen-bond donors (Lipinski definition) is 0. The minimum Gasteiger partial charge on any atom is -0.496 e. The molecule has 0 saturated carbocycles. The van der Waals surface area contributed by atoms with Crippen LogP contribution in [0.1, 0.15) is 11.3 Å². The van der Waals surface area contributed by atoms with Crippen molar-refractivity contribution in [2.24, 2.45) is 0 Å². The SMILES string of the molecule is COc1ccc(Cn2cnc(CCl)c2)cc1Br. The zero-order chi connectivity index (χ0) is 12.3. The van der Waals surface area contributed by atoms with E-state index in [1.54, 1.807) is 13.4 Å². The number of nitrogens with zero attached hydrogens (tertiary/aromatic N) is 2. The molecule has 0 amide bonds. The molecule has 3 nitrogen and oxygen atoms in total. The van der Waals surface area contributed by atoms with Crippen LogP contribution in [0, 0.1) is 0 Å². The van der Waals surface area contributed by atoms with Crippen molar-refractivity contribution in [1.82, 2.24) is 9.55 Å². The molecule has 1 heterocycles. The number of ether oxygens (including phenoxy) is 1. The van der Waals surface area contributed by atoms with Gasteiger partial charge in [0.05, 0.1) is 29.5 Å². The van der Waals surface area contributed by atoms with Gasteiger partial charge < -0.3 is 9.30 Å². The molecule has 1 aromatic carbocycles. The van der Waals surface area contributed by atoms with Crippen molar-refractivity contribution >= 4 is 27.5 Å². The maximum Gasteiger partial charge on any atom is 0.133 e. The first-order valence-electron chi connectivity index (χ1n) is 5.12. The van der Waals surface area contributed by atoms with Gasteiger partial charge in [0.15, 0.2) is 0 Å². The normalized spacial score (nSPS) is 10.5. The highest BCUT2D eigenvalue weighted by Crippen LogP contribution is 2.25. The molecule has 0 aliphatic heterocycles. The second-order valence-electron chi connectivity index (χ2n) is 3.64. The first kappa shape index (κ1) is 12.5. The molecule has 0 bridgehead atoms. The summed E-state index contributed by atoms with van der Waals surface area (Å²) >= 11 is 9.18. The Hall–Kier alpha value is -1.00. The number of hydrogen-bond acceptors (Lipinski definition) is 2. The van der Waals surface area contributed by atoms with Crippen molar-refractivity contribution in [3.63, 3.8) is 0 Å². The average Bonchev–Trinajstić information content (AvgIpc) is 2.77. The van der Waals surface area contributed by atoms with Crippen LogP contribution < -0.4 is 4.74 Å². The van der Waals surface area contributed by atoms with Gasteiger partial charge in [0, 0.05) is 12.7 Å². The molecule has 1 aromatic heterocycles. The maximum atomic E-state index is 5.71. The first-order chi connectivity index (χ1) is 8.22. The largest absolute Gasteiger partial charge is 0.496 e. The number of benzene rings is 1. The fourth-order valence-electron chi connectivity index (χ4n) is 1.58. The molecule has 0 aliphatic carbocycles. The third-order valence-corrected chi connectivity index (χ3v) is 3.30. The second kappa shape index (κ2) is 5.56. The van der Waals surface area contributed by atoms with E-state index in [4.69, 9.17) is 16.3 Å². The molecule has 0 unspecified atom stereocenters. The molecule has 5 heteroatoms. The van der Waals surface area contributed by atoms with Crippen molar-refractivity contribution in [1.29, 1.82) is 0 Å². The van der Waals surface area contributed by atoms with Gasteiger partial charge in [0.25, 0.3) is 0 Å². The number of imidazole rings is 1. The summed E-state index contributed by atoms with van der Waals surface area (Å²) in [6, 6.07) is 6.02. The third kappa shape index (κ3) is 3.01. The maximum absolute atomic E-state index is 5.71. The monoisotopic (exact) mass is 314 g/mol. The number of rotatable bonds is 4. The quantitative estimate of drug-likeness (QED) is 0.808. The van der Waals surface area contributed by atoms with Crippen LogP contribution in [-0.4, -0.2) is 16.7 Å². The van der Waals surface area contributed by atoms with Crippen LogP contribution in [0.2, 0.25) is 0 Å². The van der Waals surface area contributed by atoms with Gasteiger partial charge in [-0.2, -0.15) is 0 Å². The van der Waals surface area contributed by atoms with Crippen LogP contribution in [0.15, 0.2) is 35.2 Å². The molecule has 0 atom stereocenters. The van der Waals surface area contributed by atoms with Crippen molar-refractivity contribution in [2.45, 2.75) is 12.4 Å². The molecule has 2 aromatic rings. The fourth-order valence-corrected chi connectivity index (χ4v) is 2.31. The number of aromatic nitrogens is 2. The van der Waals surface area contributed by atoms with Crippen molar-refractivity contribution in [3.8, 4) is 5.75 Å². The average molecular weight is 316 g/mol. The van der Waals surface area contributed by atoms with Crippen LogP contribution in [0.25, 0.3) is 0 Å². The summed E-state index contributed by atoms with van der Waals surface area (Å²) in [7, 11) is 1.66. The molecule has 0 radical (unpaired) electrons. The molecule has 0 fully saturated rings. The van der Waals surface area contributed by atoms with Crippen LogP contribution in [0.5, 0.6) is 5.75 Å². The molecule has 0 saturated heterocycles. The van der Waals surface area contributed by atoms with E-state index in [-0.39, 0.29) is 0 Å². The number of methoxy groups -OCH3 is 1. The van der Waals surface area contributed by atoms with E-state index in [0.29, 0.717) is 5.88 Å². The van der Waals surface area contributed by atoms with E-state index in [1.165, 1.54) is 5.56 Å². The first-order valence-corrected chi connectivity index (χ1v) is 6.44. The van der Waals surface area contributed by atoms with Crippen molar-refractivity contribution in [3.05, 3.63) is 46.5 Å². The molecule has 0 N–H and O–H groups in total. The topological polar surface area (TPSA) is 27.1 Å². The van der Waals surface area contributed by atoms with Gasteiger partial charge in [0.1, 0.15) is 5.75 Å². The van der Waals surface area contributed by atoms with E-state index in [0.717, 1.165) is 22.5 Å². The Labute approximate surface area is 114 Å². The summed E-state index contributed by atoms with van der Waals surface area (Å²) < 4.78 is 8.15. The molecule has 17 heavy (non-hydrogen) atoms. The van der Waals surface area contributed by atoms with Gasteiger partial charge >= 0.3 is 0 Å². The van der Waals surface area contributed by atoms with E-state index >= 15 is 0 Å². The molecular formula is C12H12BrClN2O. The lowest BCUT2D eigenvalue weighted by Crippen LogP contribution is -1.97. The fraction of sp³-hybridized carbons (Fsp3) is 0.250. The standard InChI is InChI=1S/C12H12BrClN2O/c1-17-12-3-2-9(4-11(12)13)6-16-7-10(5-14)15-8-16/h2-4,7-8H,5-6H2,1H3. The summed E-state index contributed by atoms with van der Waals surface area (Å²) in [4.78, 5) is 4.18. The van der Waals surface area contributed by atoms with E-state index in [1.807, 2.05) is 29.0 Å². The number of halogens is 2.